The SMILES string of the molecule is Cc1cccc(C)c1N=Cc1ccc(C=Nc2ccccc2C(C)C)o1.[Cl][Fe][Cl]. The van der Waals surface area contributed by atoms with Gasteiger partial charge in [0.05, 0.1) is 23.8 Å². The van der Waals surface area contributed by atoms with E-state index in [4.69, 9.17) is 24.6 Å². The molecular formula is C23H24Cl2FeN2O. The van der Waals surface area contributed by atoms with E-state index < -0.39 is 0 Å². The van der Waals surface area contributed by atoms with Gasteiger partial charge in [-0.05, 0) is 54.7 Å². The fourth-order valence-electron chi connectivity index (χ4n) is 2.87. The van der Waals surface area contributed by atoms with E-state index in [0.29, 0.717) is 17.4 Å². The van der Waals surface area contributed by atoms with E-state index in [1.807, 2.05) is 36.4 Å². The summed E-state index contributed by atoms with van der Waals surface area (Å²) in [6, 6.07) is 18.2. The molecule has 29 heavy (non-hydrogen) atoms. The Morgan fingerprint density at radius 1 is 0.828 bits per heavy atom. The molecule has 1 aromatic heterocycles. The first kappa shape index (κ1) is 23.4. The number of aryl methyl sites for hydroxylation is 2. The van der Waals surface area contributed by atoms with Gasteiger partial charge in [0.2, 0.25) is 0 Å². The summed E-state index contributed by atoms with van der Waals surface area (Å²) in [4.78, 5) is 9.18. The second-order valence-electron chi connectivity index (χ2n) is 6.76. The number of rotatable bonds is 5. The van der Waals surface area contributed by atoms with Crippen LogP contribution in [0.4, 0.5) is 11.4 Å². The molecule has 0 aliphatic carbocycles. The quantitative estimate of drug-likeness (QED) is 0.275. The van der Waals surface area contributed by atoms with Crippen LogP contribution in [0.25, 0.3) is 0 Å². The molecule has 0 saturated heterocycles. The summed E-state index contributed by atoms with van der Waals surface area (Å²) >= 11 is 0.194. The predicted molar refractivity (Wildman–Crippen MR) is 121 cm³/mol. The Balaban J connectivity index is 0.000000941. The number of hydrogen-bond acceptors (Lipinski definition) is 3. The van der Waals surface area contributed by atoms with Crippen molar-refractivity contribution in [3.05, 3.63) is 82.8 Å². The average Bonchev–Trinajstić information content (AvgIpc) is 3.14. The summed E-state index contributed by atoms with van der Waals surface area (Å²) in [5.41, 5.74) is 5.50. The van der Waals surface area contributed by atoms with E-state index in [1.54, 1.807) is 12.4 Å². The second-order valence-corrected chi connectivity index (χ2v) is 8.58. The second kappa shape index (κ2) is 12.0. The zero-order valence-corrected chi connectivity index (χ0v) is 19.5. The van der Waals surface area contributed by atoms with E-state index in [1.165, 1.54) is 5.56 Å². The van der Waals surface area contributed by atoms with E-state index in [0.717, 1.165) is 22.5 Å². The van der Waals surface area contributed by atoms with Crippen LogP contribution in [0.15, 0.2) is 69.0 Å². The number of aliphatic imine (C=N–C) groups is 2. The van der Waals surface area contributed by atoms with Gasteiger partial charge in [0.1, 0.15) is 11.5 Å². The van der Waals surface area contributed by atoms with Crippen LogP contribution in [0.5, 0.6) is 0 Å². The van der Waals surface area contributed by atoms with Crippen molar-refractivity contribution in [1.82, 2.24) is 0 Å². The maximum absolute atomic E-state index is 5.81. The summed E-state index contributed by atoms with van der Waals surface area (Å²) in [5, 5.41) is 0. The Bertz CT molecular complexity index is 960. The molecule has 3 rings (SSSR count). The van der Waals surface area contributed by atoms with Crippen LogP contribution >= 0.6 is 20.2 Å². The Kier molecular flexibility index (Phi) is 9.69. The normalized spacial score (nSPS) is 11.4. The number of furan rings is 1. The molecule has 2 aromatic carbocycles. The molecule has 0 bridgehead atoms. The van der Waals surface area contributed by atoms with Gasteiger partial charge in [0.15, 0.2) is 0 Å². The number of benzene rings is 2. The molecular weight excluding hydrogens is 447 g/mol. The van der Waals surface area contributed by atoms with Crippen molar-refractivity contribution < 1.29 is 17.6 Å². The Morgan fingerprint density at radius 2 is 1.38 bits per heavy atom. The van der Waals surface area contributed by atoms with Crippen molar-refractivity contribution >= 4 is 44.0 Å². The van der Waals surface area contributed by atoms with Crippen molar-refractivity contribution in [2.24, 2.45) is 9.98 Å². The molecule has 154 valence electrons. The molecule has 0 unspecified atom stereocenters. The van der Waals surface area contributed by atoms with E-state index in [-0.39, 0.29) is 13.1 Å². The molecule has 0 aliphatic heterocycles. The van der Waals surface area contributed by atoms with Gasteiger partial charge in [0, 0.05) is 0 Å². The molecule has 3 aromatic rings. The van der Waals surface area contributed by atoms with Gasteiger partial charge in [-0.1, -0.05) is 50.2 Å². The number of para-hydroxylation sites is 2. The van der Waals surface area contributed by atoms with Crippen molar-refractivity contribution in [2.45, 2.75) is 33.6 Å². The Morgan fingerprint density at radius 3 is 1.97 bits per heavy atom. The van der Waals surface area contributed by atoms with Crippen LogP contribution < -0.4 is 0 Å². The minimum absolute atomic E-state index is 0.194. The number of hydrogen-bond donors (Lipinski definition) is 0. The fourth-order valence-corrected chi connectivity index (χ4v) is 2.87. The maximum atomic E-state index is 5.81. The predicted octanol–water partition coefficient (Wildman–Crippen LogP) is 7.90. The van der Waals surface area contributed by atoms with Gasteiger partial charge in [-0.25, -0.2) is 0 Å². The van der Waals surface area contributed by atoms with Crippen LogP contribution in [0, 0.1) is 13.8 Å². The summed E-state index contributed by atoms with van der Waals surface area (Å²) in [5.74, 6) is 1.86. The third kappa shape index (κ3) is 7.17. The van der Waals surface area contributed by atoms with Gasteiger partial charge in [-0.3, -0.25) is 9.98 Å². The van der Waals surface area contributed by atoms with E-state index in [9.17, 15) is 0 Å². The summed E-state index contributed by atoms with van der Waals surface area (Å²) in [7, 11) is 9.53. The Labute approximate surface area is 187 Å². The third-order valence-electron chi connectivity index (χ3n) is 4.30. The molecule has 0 amide bonds. The molecule has 0 saturated carbocycles. The van der Waals surface area contributed by atoms with Crippen LogP contribution in [-0.2, 0) is 13.1 Å². The van der Waals surface area contributed by atoms with E-state index >= 15 is 0 Å². The molecule has 0 spiro atoms. The first-order valence-corrected chi connectivity index (χ1v) is 12.2. The molecule has 1 heterocycles. The molecule has 0 atom stereocenters. The van der Waals surface area contributed by atoms with Crippen LogP contribution in [0.2, 0.25) is 0 Å². The molecule has 3 nitrogen and oxygen atoms in total. The summed E-state index contributed by atoms with van der Waals surface area (Å²) in [6.07, 6.45) is 3.52. The third-order valence-corrected chi connectivity index (χ3v) is 4.30. The standard InChI is InChI=1S/C23H24N2O.2ClH.Fe/c1-16(2)21-10-5-6-11-22(21)24-14-19-12-13-20(26-19)15-25-23-17(3)8-7-9-18(23)4;;;/h5-16H,1-4H3;2*1H;/q;;;+2/p-2. The molecule has 0 radical (unpaired) electrons. The zero-order valence-electron chi connectivity index (χ0n) is 16.8. The zero-order chi connectivity index (χ0) is 21.2. The van der Waals surface area contributed by atoms with Gasteiger partial charge < -0.3 is 4.42 Å². The average molecular weight is 471 g/mol. The van der Waals surface area contributed by atoms with Crippen molar-refractivity contribution in [2.75, 3.05) is 0 Å². The number of halogens is 2. The first-order valence-electron chi connectivity index (χ1n) is 9.14. The molecule has 0 fully saturated rings. The summed E-state index contributed by atoms with van der Waals surface area (Å²) < 4.78 is 5.81. The molecule has 6 heteroatoms. The van der Waals surface area contributed by atoms with E-state index in [2.05, 4.69) is 55.9 Å². The van der Waals surface area contributed by atoms with Crippen LogP contribution in [0.3, 0.4) is 0 Å². The first-order chi connectivity index (χ1) is 14.0. The van der Waals surface area contributed by atoms with Crippen molar-refractivity contribution in [1.29, 1.82) is 0 Å². The van der Waals surface area contributed by atoms with Crippen molar-refractivity contribution in [3.63, 3.8) is 0 Å². The molecule has 0 aliphatic rings. The van der Waals surface area contributed by atoms with Gasteiger partial charge in [-0.2, -0.15) is 0 Å². The van der Waals surface area contributed by atoms with Crippen LogP contribution in [0.1, 0.15) is 48.0 Å². The van der Waals surface area contributed by atoms with Crippen LogP contribution in [-0.4, -0.2) is 12.4 Å². The minimum atomic E-state index is 0.194. The molecule has 0 N–H and O–H groups in total. The van der Waals surface area contributed by atoms with Gasteiger partial charge >= 0.3 is 33.3 Å². The Hall–Kier alpha value is -1.84. The fraction of sp³-hybridized carbons (Fsp3) is 0.217. The number of nitrogens with zero attached hydrogens (tertiary/aromatic N) is 2. The van der Waals surface area contributed by atoms with Crippen molar-refractivity contribution in [3.8, 4) is 0 Å². The van der Waals surface area contributed by atoms with Gasteiger partial charge in [-0.15, -0.1) is 0 Å². The topological polar surface area (TPSA) is 37.9 Å². The monoisotopic (exact) mass is 470 g/mol. The summed E-state index contributed by atoms with van der Waals surface area (Å²) in [6.45, 7) is 8.46. The van der Waals surface area contributed by atoms with Gasteiger partial charge in [0.25, 0.3) is 0 Å².